The zero-order chi connectivity index (χ0) is 13.8. The average molecular weight is 266 g/mol. The highest BCUT2D eigenvalue weighted by Gasteiger charge is 2.56. The number of carbonyl (C=O) groups is 2. The van der Waals surface area contributed by atoms with Gasteiger partial charge in [-0.05, 0) is 37.8 Å². The van der Waals surface area contributed by atoms with E-state index in [9.17, 15) is 18.4 Å². The number of urea groups is 1. The minimum absolute atomic E-state index is 0.0949. The molecular formula is C13H12F2N2O2. The zero-order valence-corrected chi connectivity index (χ0v) is 10.2. The standard InChI is InChI=1S/C13H12F2N2O2/c1-13(7-2-3-7)11(18)17(12(19)16-13)10-5-4-8(14)6-9(10)15/h4-7H,2-3H2,1H3,(H,16,19). The Kier molecular flexibility index (Phi) is 2.39. The predicted octanol–water partition coefficient (Wildman–Crippen LogP) is 2.19. The van der Waals surface area contributed by atoms with Crippen LogP contribution in [-0.4, -0.2) is 17.5 Å². The molecule has 1 N–H and O–H groups in total. The van der Waals surface area contributed by atoms with Gasteiger partial charge in [0.05, 0.1) is 5.69 Å². The number of amides is 3. The molecule has 1 aliphatic carbocycles. The van der Waals surface area contributed by atoms with Crippen LogP contribution < -0.4 is 10.2 Å². The summed E-state index contributed by atoms with van der Waals surface area (Å²) in [7, 11) is 0. The van der Waals surface area contributed by atoms with Crippen LogP contribution in [0.4, 0.5) is 19.3 Å². The first-order valence-corrected chi connectivity index (χ1v) is 6.05. The highest BCUT2D eigenvalue weighted by atomic mass is 19.1. The molecule has 1 atom stereocenters. The number of anilines is 1. The fourth-order valence-electron chi connectivity index (χ4n) is 2.47. The van der Waals surface area contributed by atoms with Gasteiger partial charge in [0.1, 0.15) is 17.2 Å². The molecule has 1 unspecified atom stereocenters. The quantitative estimate of drug-likeness (QED) is 0.834. The fraction of sp³-hybridized carbons (Fsp3) is 0.385. The van der Waals surface area contributed by atoms with E-state index in [0.717, 1.165) is 29.9 Å². The third kappa shape index (κ3) is 1.70. The Bertz CT molecular complexity index is 586. The first-order valence-electron chi connectivity index (χ1n) is 6.05. The molecule has 2 aliphatic rings. The molecule has 0 bridgehead atoms. The van der Waals surface area contributed by atoms with Gasteiger partial charge in [-0.2, -0.15) is 0 Å². The number of benzene rings is 1. The number of nitrogens with one attached hydrogen (secondary N) is 1. The van der Waals surface area contributed by atoms with Crippen molar-refractivity contribution in [1.82, 2.24) is 5.32 Å². The molecule has 0 radical (unpaired) electrons. The third-order valence-electron chi connectivity index (χ3n) is 3.76. The summed E-state index contributed by atoms with van der Waals surface area (Å²) >= 11 is 0. The van der Waals surface area contributed by atoms with Crippen molar-refractivity contribution in [2.24, 2.45) is 5.92 Å². The molecule has 1 aliphatic heterocycles. The number of hydrogen-bond acceptors (Lipinski definition) is 2. The number of hydrogen-bond donors (Lipinski definition) is 1. The van der Waals surface area contributed by atoms with E-state index in [1.165, 1.54) is 0 Å². The molecule has 100 valence electrons. The summed E-state index contributed by atoms with van der Waals surface area (Å²) in [5, 5.41) is 2.61. The largest absolute Gasteiger partial charge is 0.329 e. The van der Waals surface area contributed by atoms with E-state index in [1.807, 2.05) is 0 Å². The van der Waals surface area contributed by atoms with Crippen LogP contribution in [0.2, 0.25) is 0 Å². The second kappa shape index (κ2) is 3.76. The van der Waals surface area contributed by atoms with Crippen LogP contribution in [0.3, 0.4) is 0 Å². The van der Waals surface area contributed by atoms with Gasteiger partial charge in [-0.15, -0.1) is 0 Å². The Hall–Kier alpha value is -1.98. The third-order valence-corrected chi connectivity index (χ3v) is 3.76. The van der Waals surface area contributed by atoms with Crippen LogP contribution in [0.25, 0.3) is 0 Å². The molecule has 1 aromatic carbocycles. The normalized spacial score (nSPS) is 26.8. The van der Waals surface area contributed by atoms with Crippen LogP contribution in [0.15, 0.2) is 18.2 Å². The maximum absolute atomic E-state index is 13.7. The maximum atomic E-state index is 13.7. The van der Waals surface area contributed by atoms with Crippen molar-refractivity contribution >= 4 is 17.6 Å². The molecule has 1 saturated heterocycles. The van der Waals surface area contributed by atoms with E-state index >= 15 is 0 Å². The van der Waals surface area contributed by atoms with Crippen molar-refractivity contribution in [3.63, 3.8) is 0 Å². The minimum Gasteiger partial charge on any atom is -0.323 e. The second-order valence-corrected chi connectivity index (χ2v) is 5.14. The number of imide groups is 1. The lowest BCUT2D eigenvalue weighted by atomic mass is 9.96. The summed E-state index contributed by atoms with van der Waals surface area (Å²) < 4.78 is 26.6. The Morgan fingerprint density at radius 2 is 2.00 bits per heavy atom. The predicted molar refractivity (Wildman–Crippen MR) is 63.5 cm³/mol. The van der Waals surface area contributed by atoms with Gasteiger partial charge in [-0.3, -0.25) is 4.79 Å². The Labute approximate surface area is 108 Å². The van der Waals surface area contributed by atoms with Crippen molar-refractivity contribution in [2.45, 2.75) is 25.3 Å². The van der Waals surface area contributed by atoms with Gasteiger partial charge in [-0.25, -0.2) is 18.5 Å². The van der Waals surface area contributed by atoms with Crippen molar-refractivity contribution in [3.05, 3.63) is 29.8 Å². The Balaban J connectivity index is 2.01. The molecule has 0 aromatic heterocycles. The average Bonchev–Trinajstić information content (AvgIpc) is 3.13. The van der Waals surface area contributed by atoms with Crippen molar-refractivity contribution in [3.8, 4) is 0 Å². The molecule has 6 heteroatoms. The molecule has 4 nitrogen and oxygen atoms in total. The van der Waals surface area contributed by atoms with E-state index in [-0.39, 0.29) is 11.6 Å². The van der Waals surface area contributed by atoms with Crippen molar-refractivity contribution in [2.75, 3.05) is 4.90 Å². The van der Waals surface area contributed by atoms with E-state index in [2.05, 4.69) is 5.32 Å². The second-order valence-electron chi connectivity index (χ2n) is 5.14. The number of carbonyl (C=O) groups excluding carboxylic acids is 2. The monoisotopic (exact) mass is 266 g/mol. The number of rotatable bonds is 2. The number of nitrogens with zero attached hydrogens (tertiary/aromatic N) is 1. The van der Waals surface area contributed by atoms with E-state index in [1.54, 1.807) is 6.92 Å². The van der Waals surface area contributed by atoms with Gasteiger partial charge < -0.3 is 5.32 Å². The van der Waals surface area contributed by atoms with E-state index in [4.69, 9.17) is 0 Å². The SMILES string of the molecule is CC1(C2CC2)NC(=O)N(c2ccc(F)cc2F)C1=O. The van der Waals surface area contributed by atoms with Crippen molar-refractivity contribution in [1.29, 1.82) is 0 Å². The fourth-order valence-corrected chi connectivity index (χ4v) is 2.47. The van der Waals surface area contributed by atoms with Gasteiger partial charge >= 0.3 is 6.03 Å². The highest BCUT2D eigenvalue weighted by Crippen LogP contribution is 2.43. The molecule has 2 fully saturated rings. The summed E-state index contributed by atoms with van der Waals surface area (Å²) in [4.78, 5) is 25.0. The van der Waals surface area contributed by atoms with Gasteiger partial charge in [0, 0.05) is 6.07 Å². The summed E-state index contributed by atoms with van der Waals surface area (Å²) in [6.07, 6.45) is 1.73. The topological polar surface area (TPSA) is 49.4 Å². The van der Waals surface area contributed by atoms with Gasteiger partial charge in [0.2, 0.25) is 0 Å². The van der Waals surface area contributed by atoms with Crippen LogP contribution in [-0.2, 0) is 4.79 Å². The van der Waals surface area contributed by atoms with Crippen LogP contribution in [0.5, 0.6) is 0 Å². The van der Waals surface area contributed by atoms with Crippen LogP contribution in [0, 0.1) is 17.6 Å². The lowest BCUT2D eigenvalue weighted by Crippen LogP contribution is -2.46. The van der Waals surface area contributed by atoms with Gasteiger partial charge in [0.25, 0.3) is 5.91 Å². The smallest absolute Gasteiger partial charge is 0.323 e. The summed E-state index contributed by atoms with van der Waals surface area (Å²) in [5.74, 6) is -2.07. The lowest BCUT2D eigenvalue weighted by Gasteiger charge is -2.21. The van der Waals surface area contributed by atoms with E-state index in [0.29, 0.717) is 6.07 Å². The maximum Gasteiger partial charge on any atom is 0.329 e. The van der Waals surface area contributed by atoms with Gasteiger partial charge in [-0.1, -0.05) is 0 Å². The van der Waals surface area contributed by atoms with Crippen LogP contribution in [0.1, 0.15) is 19.8 Å². The van der Waals surface area contributed by atoms with Gasteiger partial charge in [0.15, 0.2) is 0 Å². The molecule has 1 heterocycles. The van der Waals surface area contributed by atoms with Crippen LogP contribution >= 0.6 is 0 Å². The molecule has 3 amide bonds. The lowest BCUT2D eigenvalue weighted by molar-refractivity contribution is -0.122. The van der Waals surface area contributed by atoms with E-state index < -0.39 is 29.1 Å². The first-order chi connectivity index (χ1) is 8.93. The summed E-state index contributed by atoms with van der Waals surface area (Å²) in [6, 6.07) is 2.11. The molecule has 0 spiro atoms. The molecule has 1 aromatic rings. The Morgan fingerprint density at radius 1 is 1.32 bits per heavy atom. The first kappa shape index (κ1) is 12.1. The van der Waals surface area contributed by atoms with Crippen molar-refractivity contribution < 1.29 is 18.4 Å². The summed E-state index contributed by atoms with van der Waals surface area (Å²) in [5.41, 5.74) is -1.19. The molecule has 3 rings (SSSR count). The number of halogens is 2. The molecular weight excluding hydrogens is 254 g/mol. The minimum atomic E-state index is -0.974. The molecule has 19 heavy (non-hydrogen) atoms. The summed E-state index contributed by atoms with van der Waals surface area (Å²) in [6.45, 7) is 1.65. The zero-order valence-electron chi connectivity index (χ0n) is 10.2. The highest BCUT2D eigenvalue weighted by molar-refractivity contribution is 6.23. The Morgan fingerprint density at radius 3 is 2.58 bits per heavy atom. The molecule has 1 saturated carbocycles.